The smallest absolute Gasteiger partial charge is 0.407 e. The van der Waals surface area contributed by atoms with Crippen LogP contribution >= 0.6 is 34.8 Å². The van der Waals surface area contributed by atoms with E-state index in [2.05, 4.69) is 46.9 Å². The van der Waals surface area contributed by atoms with E-state index >= 15 is 0 Å². The Bertz CT molecular complexity index is 2770. The number of esters is 7. The zero-order valence-electron chi connectivity index (χ0n) is 58.3. The Morgan fingerprint density at radius 2 is 0.968 bits per heavy atom. The SMILES string of the molecule is CC(=O)OC[C@H]1O[C@H](CCCCOC(=O)[C@]2(C)CCC[C@@]3(C)[C@@H]4CC[C@@]5(C)C[C@]4(CC[C@@H]32)CC5OC(=O)CCCCCCCCC(=O)OC2C[C@]34CC[C@H]5[C@@](C)(CCC[C@@]5(C)C(=O)OCCCCO)[C@@H]3CC[C@@]2(C)C4)[C@H](NC(=O)OCC(Cl)(Cl)Cl)[C@@H](OC(C)=O)[C@@H]1OC(C)=O. The van der Waals surface area contributed by atoms with Gasteiger partial charge in [-0.15, -0.1) is 0 Å². The maximum Gasteiger partial charge on any atom is 0.407 e. The molecule has 538 valence electrons. The molecule has 1 saturated heterocycles. The number of alkyl halides is 3. The highest BCUT2D eigenvalue weighted by atomic mass is 35.6. The fourth-order valence-corrected chi connectivity index (χ4v) is 22.2. The Morgan fingerprint density at radius 3 is 1.43 bits per heavy atom. The van der Waals surface area contributed by atoms with Gasteiger partial charge in [-0.2, -0.15) is 0 Å². The summed E-state index contributed by atoms with van der Waals surface area (Å²) in [5, 5.41) is 11.9. The van der Waals surface area contributed by atoms with Crippen molar-refractivity contribution in [2.75, 3.05) is 33.0 Å². The van der Waals surface area contributed by atoms with E-state index < -0.39 is 75.7 Å². The molecule has 19 atom stereocenters. The highest BCUT2D eigenvalue weighted by Crippen LogP contribution is 2.76. The number of rotatable bonds is 28. The van der Waals surface area contributed by atoms with Crippen molar-refractivity contribution in [3.05, 3.63) is 0 Å². The summed E-state index contributed by atoms with van der Waals surface area (Å²) in [6.45, 7) is 16.9. The lowest BCUT2D eigenvalue weighted by atomic mass is 9.40. The first-order chi connectivity index (χ1) is 44.8. The zero-order valence-corrected chi connectivity index (χ0v) is 60.6. The molecule has 1 amide bonds. The first kappa shape index (κ1) is 75.5. The highest BCUT2D eigenvalue weighted by Gasteiger charge is 2.71. The van der Waals surface area contributed by atoms with E-state index in [4.69, 9.17) is 77.4 Å². The van der Waals surface area contributed by atoms with Crippen molar-refractivity contribution in [1.29, 1.82) is 0 Å². The van der Waals surface area contributed by atoms with Crippen LogP contribution in [0.25, 0.3) is 0 Å². The molecular weight excluding hydrogens is 1290 g/mol. The molecule has 2 spiro atoms. The van der Waals surface area contributed by atoms with Crippen LogP contribution < -0.4 is 5.32 Å². The van der Waals surface area contributed by atoms with Gasteiger partial charge in [-0.1, -0.05) is 101 Å². The predicted molar refractivity (Wildman–Crippen MR) is 354 cm³/mol. The average molecular weight is 1400 g/mol. The molecule has 22 heteroatoms. The molecule has 95 heavy (non-hydrogen) atoms. The molecule has 1 heterocycles. The molecule has 9 fully saturated rings. The second kappa shape index (κ2) is 30.7. The number of hydrogen-bond donors (Lipinski definition) is 2. The number of fused-ring (bicyclic) bond motifs is 6. The Balaban J connectivity index is 0.697. The van der Waals surface area contributed by atoms with Gasteiger partial charge in [-0.05, 0) is 207 Å². The monoisotopic (exact) mass is 1400 g/mol. The van der Waals surface area contributed by atoms with Crippen molar-refractivity contribution >= 4 is 82.7 Å². The molecular formula is C73H112Cl3NO18. The first-order valence-corrected chi connectivity index (χ1v) is 37.4. The fraction of sp³-hybridized carbons (Fsp3) is 0.890. The van der Waals surface area contributed by atoms with E-state index in [9.17, 15) is 43.5 Å². The number of amides is 1. The standard InChI is InChI=1S/C73H112Cl3NO18/c1-46(79)89-42-50-60(91-47(2)80)61(92-48(3)81)59(77-64(86)90-45-73(74,75)76)49(93-50)22-16-18-38-87-62(84)69(8)31-20-29-67(6)51(69)27-35-71-40-55(65(4,43-71)33-25-53(67)71)94-57(82)23-14-12-10-11-13-15-24-58(83)95-56-41-72-36-28-52-68(7,54(72)26-34-66(56,5)44-72)30-21-32-70(52,9)63(85)88-39-19-17-37-78/h49-56,59-61,78H,10-45H2,1-9H3,(H,77,86)/t49-,50-,51+,52+,53+,54+,55?,56?,59+,60-,61-,65+,66+,67-,68-,69-,70-,71+,72+/m1/s1. The number of aliphatic hydroxyl groups is 1. The summed E-state index contributed by atoms with van der Waals surface area (Å²) in [6, 6.07) is -1.15. The number of ether oxygens (including phenoxy) is 9. The minimum absolute atomic E-state index is 0.0189. The third-order valence-corrected chi connectivity index (χ3v) is 26.4. The normalized spacial score (nSPS) is 39.1. The van der Waals surface area contributed by atoms with Crippen LogP contribution in [0.1, 0.15) is 261 Å². The van der Waals surface area contributed by atoms with Gasteiger partial charge in [0.2, 0.25) is 3.79 Å². The Kier molecular flexibility index (Phi) is 24.4. The van der Waals surface area contributed by atoms with Crippen molar-refractivity contribution in [3.63, 3.8) is 0 Å². The molecule has 0 aromatic carbocycles. The van der Waals surface area contributed by atoms with Gasteiger partial charge in [0.25, 0.3) is 0 Å². The average Bonchev–Trinajstić information content (AvgIpc) is 1.63. The summed E-state index contributed by atoms with van der Waals surface area (Å²) in [4.78, 5) is 105. The number of carbonyl (C=O) groups excluding carboxylic acids is 8. The van der Waals surface area contributed by atoms with Gasteiger partial charge < -0.3 is 53.1 Å². The van der Waals surface area contributed by atoms with E-state index in [-0.39, 0.29) is 107 Å². The lowest BCUT2D eigenvalue weighted by molar-refractivity contribution is -0.223. The Morgan fingerprint density at radius 1 is 0.505 bits per heavy atom. The molecule has 2 unspecified atom stereocenters. The van der Waals surface area contributed by atoms with Gasteiger partial charge >= 0.3 is 47.9 Å². The predicted octanol–water partition coefficient (Wildman–Crippen LogP) is 14.2. The fourth-order valence-electron chi connectivity index (χ4n) is 22.0. The quantitative estimate of drug-likeness (QED) is 0.0320. The Labute approximate surface area is 579 Å². The van der Waals surface area contributed by atoms with Crippen LogP contribution in [0, 0.1) is 67.0 Å². The number of aliphatic hydroxyl groups excluding tert-OH is 1. The molecule has 8 saturated carbocycles. The number of carbonyl (C=O) groups is 8. The summed E-state index contributed by atoms with van der Waals surface area (Å²) in [7, 11) is 0. The molecule has 4 bridgehead atoms. The van der Waals surface area contributed by atoms with Crippen LogP contribution in [0.4, 0.5) is 4.79 Å². The van der Waals surface area contributed by atoms with Crippen molar-refractivity contribution in [2.45, 2.75) is 308 Å². The Hall–Kier alpha value is -3.65. The van der Waals surface area contributed by atoms with Crippen molar-refractivity contribution in [1.82, 2.24) is 5.32 Å². The van der Waals surface area contributed by atoms with Gasteiger partial charge in [0, 0.05) is 51.0 Å². The summed E-state index contributed by atoms with van der Waals surface area (Å²) in [5.74, 6) is -1.31. The van der Waals surface area contributed by atoms with E-state index in [0.717, 1.165) is 168 Å². The number of hydrogen-bond acceptors (Lipinski definition) is 18. The molecule has 8 aliphatic carbocycles. The molecule has 0 aromatic rings. The topological polar surface area (TPSA) is 252 Å². The lowest BCUT2D eigenvalue weighted by Gasteiger charge is -2.64. The van der Waals surface area contributed by atoms with Gasteiger partial charge in [0.05, 0.1) is 36.2 Å². The van der Waals surface area contributed by atoms with Crippen LogP contribution in [0.15, 0.2) is 0 Å². The number of halogens is 3. The number of nitrogens with one attached hydrogen (secondary N) is 1. The molecule has 0 radical (unpaired) electrons. The minimum Gasteiger partial charge on any atom is -0.465 e. The molecule has 1 aliphatic heterocycles. The van der Waals surface area contributed by atoms with Crippen LogP contribution in [0.5, 0.6) is 0 Å². The van der Waals surface area contributed by atoms with Crippen molar-refractivity contribution in [2.24, 2.45) is 67.0 Å². The minimum atomic E-state index is -1.93. The third-order valence-electron chi connectivity index (χ3n) is 26.0. The van der Waals surface area contributed by atoms with Crippen LogP contribution in [-0.4, -0.2) is 132 Å². The van der Waals surface area contributed by atoms with E-state index in [0.29, 0.717) is 57.0 Å². The molecule has 2 N–H and O–H groups in total. The van der Waals surface area contributed by atoms with Crippen LogP contribution in [0.2, 0.25) is 0 Å². The van der Waals surface area contributed by atoms with E-state index in [1.54, 1.807) is 0 Å². The summed E-state index contributed by atoms with van der Waals surface area (Å²) < 4.78 is 51.1. The second-order valence-corrected chi connectivity index (χ2v) is 35.0. The van der Waals surface area contributed by atoms with E-state index in [1.165, 1.54) is 6.92 Å². The molecule has 9 aliphatic rings. The largest absolute Gasteiger partial charge is 0.465 e. The van der Waals surface area contributed by atoms with Gasteiger partial charge in [-0.25, -0.2) is 4.79 Å². The molecule has 9 rings (SSSR count). The van der Waals surface area contributed by atoms with Crippen LogP contribution in [-0.2, 0) is 76.2 Å². The second-order valence-electron chi connectivity index (χ2n) is 32.5. The van der Waals surface area contributed by atoms with Gasteiger partial charge in [-0.3, -0.25) is 33.6 Å². The van der Waals surface area contributed by atoms with E-state index in [1.807, 2.05) is 0 Å². The van der Waals surface area contributed by atoms with Crippen LogP contribution in [0.3, 0.4) is 0 Å². The zero-order chi connectivity index (χ0) is 69.0. The summed E-state index contributed by atoms with van der Waals surface area (Å²) in [6.07, 6.45) is 20.4. The molecule has 0 aromatic heterocycles. The van der Waals surface area contributed by atoms with Crippen molar-refractivity contribution < 1.29 is 86.1 Å². The number of unbranched alkanes of at least 4 members (excludes halogenated alkanes) is 7. The third kappa shape index (κ3) is 16.6. The maximum atomic E-state index is 14.5. The maximum absolute atomic E-state index is 14.5. The first-order valence-electron chi connectivity index (χ1n) is 36.3. The molecule has 19 nitrogen and oxygen atoms in total. The number of alkyl carbamates (subject to hydrolysis) is 1. The van der Waals surface area contributed by atoms with Gasteiger partial charge in [0.15, 0.2) is 12.2 Å². The lowest BCUT2D eigenvalue weighted by Crippen LogP contribution is -2.66. The summed E-state index contributed by atoms with van der Waals surface area (Å²) in [5.41, 5.74) is -1.20. The van der Waals surface area contributed by atoms with Gasteiger partial charge in [0.1, 0.15) is 31.5 Å². The summed E-state index contributed by atoms with van der Waals surface area (Å²) >= 11 is 17.5. The highest BCUT2D eigenvalue weighted by molar-refractivity contribution is 6.67. The van der Waals surface area contributed by atoms with Crippen molar-refractivity contribution in [3.8, 4) is 0 Å².